The monoisotopic (exact) mass is 267 g/mol. The zero-order chi connectivity index (χ0) is 13.9. The molecule has 20 heavy (non-hydrogen) atoms. The number of benzene rings is 2. The van der Waals surface area contributed by atoms with Gasteiger partial charge in [-0.25, -0.2) is 4.39 Å². The minimum atomic E-state index is -0.512. The highest BCUT2D eigenvalue weighted by Crippen LogP contribution is 2.29. The van der Waals surface area contributed by atoms with E-state index in [1.807, 2.05) is 18.2 Å². The lowest BCUT2D eigenvalue weighted by Crippen LogP contribution is -2.02. The molecule has 2 aromatic rings. The Bertz CT molecular complexity index is 688. The quantitative estimate of drug-likeness (QED) is 0.809. The summed E-state index contributed by atoms with van der Waals surface area (Å²) >= 11 is 0. The van der Waals surface area contributed by atoms with Crippen molar-refractivity contribution in [2.24, 2.45) is 0 Å². The molecule has 2 aromatic carbocycles. The maximum Gasteiger partial charge on any atom is 0.167 e. The molecule has 0 saturated carbocycles. The van der Waals surface area contributed by atoms with E-state index in [1.54, 1.807) is 6.07 Å². The molecule has 0 N–H and O–H groups in total. The first-order chi connectivity index (χ1) is 9.76. The van der Waals surface area contributed by atoms with Gasteiger partial charge < -0.3 is 4.74 Å². The number of aryl methyl sites for hydroxylation is 2. The van der Waals surface area contributed by atoms with Gasteiger partial charge in [0, 0.05) is 0 Å². The summed E-state index contributed by atoms with van der Waals surface area (Å²) in [6.45, 7) is 0. The van der Waals surface area contributed by atoms with Crippen molar-refractivity contribution in [3.8, 4) is 17.6 Å². The Hall–Kier alpha value is -2.34. The smallest absolute Gasteiger partial charge is 0.167 e. The molecule has 3 rings (SSSR count). The molecular weight excluding hydrogens is 253 g/mol. The fourth-order valence-electron chi connectivity index (χ4n) is 2.55. The van der Waals surface area contributed by atoms with E-state index in [1.165, 1.54) is 36.1 Å². The van der Waals surface area contributed by atoms with Crippen LogP contribution in [0.5, 0.6) is 11.5 Å². The lowest BCUT2D eigenvalue weighted by atomic mass is 9.92. The third kappa shape index (κ3) is 2.50. The van der Waals surface area contributed by atoms with Crippen molar-refractivity contribution in [1.29, 1.82) is 5.26 Å². The molecule has 0 spiro atoms. The summed E-state index contributed by atoms with van der Waals surface area (Å²) in [5.41, 5.74) is 2.95. The molecule has 0 bridgehead atoms. The maximum atomic E-state index is 13.8. The van der Waals surface area contributed by atoms with Crippen molar-refractivity contribution >= 4 is 0 Å². The van der Waals surface area contributed by atoms with Gasteiger partial charge in [0.05, 0.1) is 11.6 Å². The van der Waals surface area contributed by atoms with E-state index in [4.69, 9.17) is 10.00 Å². The second-order valence-electron chi connectivity index (χ2n) is 5.00. The second kappa shape index (κ2) is 5.34. The van der Waals surface area contributed by atoms with Gasteiger partial charge in [-0.15, -0.1) is 0 Å². The molecule has 2 nitrogen and oxygen atoms in total. The van der Waals surface area contributed by atoms with Gasteiger partial charge in [0.15, 0.2) is 11.6 Å². The Morgan fingerprint density at radius 3 is 2.55 bits per heavy atom. The summed E-state index contributed by atoms with van der Waals surface area (Å²) in [6, 6.07) is 12.1. The third-order valence-corrected chi connectivity index (χ3v) is 3.61. The summed E-state index contributed by atoms with van der Waals surface area (Å²) < 4.78 is 19.4. The molecule has 0 unspecified atom stereocenters. The van der Waals surface area contributed by atoms with Crippen LogP contribution in [0.15, 0.2) is 36.4 Å². The van der Waals surface area contributed by atoms with Gasteiger partial charge in [0.1, 0.15) is 5.75 Å². The van der Waals surface area contributed by atoms with Crippen LogP contribution in [0.2, 0.25) is 0 Å². The van der Waals surface area contributed by atoms with Crippen LogP contribution >= 0.6 is 0 Å². The molecule has 1 aliphatic carbocycles. The van der Waals surface area contributed by atoms with E-state index >= 15 is 0 Å². The Morgan fingerprint density at radius 1 is 1.00 bits per heavy atom. The van der Waals surface area contributed by atoms with Gasteiger partial charge in [-0.2, -0.15) is 5.26 Å². The van der Waals surface area contributed by atoms with Crippen molar-refractivity contribution < 1.29 is 9.13 Å². The summed E-state index contributed by atoms with van der Waals surface area (Å²) in [7, 11) is 0. The van der Waals surface area contributed by atoms with Crippen LogP contribution in [0.4, 0.5) is 4.39 Å². The van der Waals surface area contributed by atoms with Crippen LogP contribution < -0.4 is 4.74 Å². The number of fused-ring (bicyclic) bond motifs is 1. The number of hydrogen-bond donors (Lipinski definition) is 0. The van der Waals surface area contributed by atoms with E-state index in [0.29, 0.717) is 11.3 Å². The second-order valence-corrected chi connectivity index (χ2v) is 5.00. The maximum absolute atomic E-state index is 13.8. The Balaban J connectivity index is 1.86. The van der Waals surface area contributed by atoms with E-state index in [2.05, 4.69) is 6.07 Å². The molecule has 0 radical (unpaired) electrons. The normalized spacial score (nSPS) is 13.4. The number of nitriles is 1. The average Bonchev–Trinajstić information content (AvgIpc) is 2.49. The molecule has 0 fully saturated rings. The molecule has 0 saturated heterocycles. The highest BCUT2D eigenvalue weighted by Gasteiger charge is 2.11. The molecule has 3 heteroatoms. The van der Waals surface area contributed by atoms with Crippen LogP contribution in [0.25, 0.3) is 0 Å². The molecule has 0 atom stereocenters. The van der Waals surface area contributed by atoms with E-state index in [-0.39, 0.29) is 5.75 Å². The van der Waals surface area contributed by atoms with Crippen molar-refractivity contribution in [1.82, 2.24) is 0 Å². The van der Waals surface area contributed by atoms with Gasteiger partial charge in [0.25, 0.3) is 0 Å². The van der Waals surface area contributed by atoms with Gasteiger partial charge in [-0.3, -0.25) is 0 Å². The number of halogens is 1. The highest BCUT2D eigenvalue weighted by atomic mass is 19.1. The average molecular weight is 267 g/mol. The van der Waals surface area contributed by atoms with Gasteiger partial charge >= 0.3 is 0 Å². The zero-order valence-electron chi connectivity index (χ0n) is 11.0. The molecule has 1 aliphatic rings. The first-order valence-electron chi connectivity index (χ1n) is 6.75. The Morgan fingerprint density at radius 2 is 1.80 bits per heavy atom. The van der Waals surface area contributed by atoms with Crippen molar-refractivity contribution in [2.75, 3.05) is 0 Å². The largest absolute Gasteiger partial charge is 0.454 e. The van der Waals surface area contributed by atoms with E-state index in [0.717, 1.165) is 12.8 Å². The molecule has 0 heterocycles. The summed E-state index contributed by atoms with van der Waals surface area (Å²) in [6.07, 6.45) is 4.60. The molecule has 0 aromatic heterocycles. The van der Waals surface area contributed by atoms with Crippen LogP contribution in [-0.4, -0.2) is 0 Å². The SMILES string of the molecule is N#Cc1ccc(Oc2ccc3c(c2)CCCC3)c(F)c1. The predicted octanol–water partition coefficient (Wildman–Crippen LogP) is 4.37. The highest BCUT2D eigenvalue weighted by molar-refractivity contribution is 5.41. The molecule has 0 amide bonds. The lowest BCUT2D eigenvalue weighted by molar-refractivity contribution is 0.441. The minimum absolute atomic E-state index is 0.153. The summed E-state index contributed by atoms with van der Waals surface area (Å²) in [4.78, 5) is 0. The Kier molecular flexibility index (Phi) is 3.39. The first-order valence-corrected chi connectivity index (χ1v) is 6.75. The zero-order valence-corrected chi connectivity index (χ0v) is 11.0. The van der Waals surface area contributed by atoms with E-state index in [9.17, 15) is 4.39 Å². The molecule has 0 aliphatic heterocycles. The van der Waals surface area contributed by atoms with Gasteiger partial charge in [0.2, 0.25) is 0 Å². The van der Waals surface area contributed by atoms with E-state index < -0.39 is 5.82 Å². The van der Waals surface area contributed by atoms with Gasteiger partial charge in [-0.1, -0.05) is 6.07 Å². The lowest BCUT2D eigenvalue weighted by Gasteiger charge is -2.16. The fraction of sp³-hybridized carbons (Fsp3) is 0.235. The number of hydrogen-bond acceptors (Lipinski definition) is 2. The van der Waals surface area contributed by atoms with Crippen molar-refractivity contribution in [3.05, 3.63) is 58.9 Å². The summed E-state index contributed by atoms with van der Waals surface area (Å²) in [5, 5.41) is 8.72. The van der Waals surface area contributed by atoms with Crippen LogP contribution in [0.1, 0.15) is 29.5 Å². The number of nitrogens with zero attached hydrogens (tertiary/aromatic N) is 1. The fourth-order valence-corrected chi connectivity index (χ4v) is 2.55. The number of rotatable bonds is 2. The summed E-state index contributed by atoms with van der Waals surface area (Å²) in [5.74, 6) is 0.288. The predicted molar refractivity (Wildman–Crippen MR) is 74.3 cm³/mol. The molecule has 100 valence electrons. The van der Waals surface area contributed by atoms with Crippen LogP contribution in [0.3, 0.4) is 0 Å². The van der Waals surface area contributed by atoms with Crippen molar-refractivity contribution in [3.63, 3.8) is 0 Å². The molecular formula is C17H14FNO. The third-order valence-electron chi connectivity index (χ3n) is 3.61. The topological polar surface area (TPSA) is 33.0 Å². The van der Waals surface area contributed by atoms with Crippen LogP contribution in [-0.2, 0) is 12.8 Å². The standard InChI is InChI=1S/C17H14FNO/c18-16-9-12(11-19)5-8-17(16)20-15-7-6-13-3-1-2-4-14(13)10-15/h5-10H,1-4H2. The minimum Gasteiger partial charge on any atom is -0.454 e. The van der Waals surface area contributed by atoms with Gasteiger partial charge in [-0.05, 0) is 67.1 Å². The first kappa shape index (κ1) is 12.7. The van der Waals surface area contributed by atoms with Crippen LogP contribution in [0, 0.1) is 17.1 Å². The van der Waals surface area contributed by atoms with Crippen molar-refractivity contribution in [2.45, 2.75) is 25.7 Å². The number of ether oxygens (including phenoxy) is 1. The Labute approximate surface area is 117 Å².